The summed E-state index contributed by atoms with van der Waals surface area (Å²) in [5, 5.41) is 0. The molecule has 110 valence electrons. The molecule has 3 heterocycles. The second-order valence-corrected chi connectivity index (χ2v) is 5.16. The van der Waals surface area contributed by atoms with Crippen molar-refractivity contribution in [2.24, 2.45) is 0 Å². The third-order valence-electron chi connectivity index (χ3n) is 3.63. The van der Waals surface area contributed by atoms with Gasteiger partial charge in [0.2, 0.25) is 5.79 Å². The van der Waals surface area contributed by atoms with Crippen LogP contribution in [0.2, 0.25) is 0 Å². The maximum Gasteiger partial charge on any atom is 0.302 e. The van der Waals surface area contributed by atoms with Crippen LogP contribution in [0.3, 0.4) is 0 Å². The molecule has 4 atom stereocenters. The molecule has 3 fully saturated rings. The van der Waals surface area contributed by atoms with Gasteiger partial charge in [-0.15, -0.1) is 0 Å². The van der Waals surface area contributed by atoms with Crippen LogP contribution in [0.5, 0.6) is 0 Å². The van der Waals surface area contributed by atoms with Gasteiger partial charge in [0.05, 0.1) is 6.61 Å². The van der Waals surface area contributed by atoms with Gasteiger partial charge in [-0.2, -0.15) is 0 Å². The Morgan fingerprint density at radius 1 is 1.48 bits per heavy atom. The van der Waals surface area contributed by atoms with Crippen molar-refractivity contribution in [2.45, 2.75) is 50.8 Å². The first kappa shape index (κ1) is 14.0. The van der Waals surface area contributed by atoms with E-state index in [2.05, 4.69) is 23.7 Å². The number of carbonyl (C=O) groups is 1. The number of carbonyl (C=O) groups excluding carboxylic acids is 1. The van der Waals surface area contributed by atoms with E-state index in [4.69, 9.17) is 18.9 Å². The predicted octanol–water partition coefficient (Wildman–Crippen LogP) is 1.13. The molecule has 5 heteroatoms. The molecule has 0 aromatic carbocycles. The smallest absolute Gasteiger partial charge is 0.302 e. The van der Waals surface area contributed by atoms with Crippen molar-refractivity contribution in [2.75, 3.05) is 6.61 Å². The number of esters is 1. The zero-order chi connectivity index (χ0) is 14.9. The van der Waals surface area contributed by atoms with Crippen LogP contribution in [0.1, 0.15) is 26.7 Å². The van der Waals surface area contributed by atoms with Crippen LogP contribution in [0.25, 0.3) is 0 Å². The number of fused-ring (bicyclic) bond motifs is 2. The molecule has 0 bridgehead atoms. The highest BCUT2D eigenvalue weighted by atomic mass is 16.8. The first-order chi connectivity index (χ1) is 10.1. The van der Waals surface area contributed by atoms with Crippen molar-refractivity contribution >= 4 is 5.97 Å². The molecule has 1 spiro atoms. The summed E-state index contributed by atoms with van der Waals surface area (Å²) in [7, 11) is 0. The zero-order valence-corrected chi connectivity index (χ0v) is 12.0. The highest BCUT2D eigenvalue weighted by Gasteiger charge is 2.67. The Bertz CT molecular complexity index is 590. The van der Waals surface area contributed by atoms with E-state index in [1.807, 2.05) is 0 Å². The molecule has 3 aliphatic rings. The van der Waals surface area contributed by atoms with Gasteiger partial charge < -0.3 is 18.9 Å². The average molecular weight is 288 g/mol. The van der Waals surface area contributed by atoms with Crippen molar-refractivity contribution in [3.63, 3.8) is 0 Å². The summed E-state index contributed by atoms with van der Waals surface area (Å²) in [6, 6.07) is 0. The third kappa shape index (κ3) is 2.76. The molecule has 0 aliphatic carbocycles. The fraction of sp³-hybridized carbons (Fsp3) is 0.562. The quantitative estimate of drug-likeness (QED) is 0.411. The summed E-state index contributed by atoms with van der Waals surface area (Å²) in [5.41, 5.74) is 0. The number of epoxide rings is 1. The van der Waals surface area contributed by atoms with E-state index in [1.165, 1.54) is 6.92 Å². The van der Waals surface area contributed by atoms with Gasteiger partial charge in [0.1, 0.15) is 18.0 Å². The minimum absolute atomic E-state index is 0.0702. The normalized spacial score (nSPS) is 37.6. The maximum atomic E-state index is 11.0. The Kier molecular flexibility index (Phi) is 3.63. The highest BCUT2D eigenvalue weighted by molar-refractivity contribution is 5.66. The molecule has 0 aromatic heterocycles. The average Bonchev–Trinajstić information content (AvgIpc) is 3.20. The fourth-order valence-corrected chi connectivity index (χ4v) is 2.68. The van der Waals surface area contributed by atoms with E-state index in [-0.39, 0.29) is 24.3 Å². The van der Waals surface area contributed by atoms with Gasteiger partial charge in [-0.1, -0.05) is 11.8 Å². The largest absolute Gasteiger partial charge is 0.460 e. The Hall–Kier alpha value is -1.95. The second kappa shape index (κ2) is 5.44. The van der Waals surface area contributed by atoms with E-state index in [0.29, 0.717) is 25.2 Å². The topological polar surface area (TPSA) is 57.3 Å². The molecule has 0 saturated carbocycles. The molecule has 3 saturated heterocycles. The fourth-order valence-electron chi connectivity index (χ4n) is 2.68. The molecule has 0 radical (unpaired) electrons. The van der Waals surface area contributed by atoms with E-state index >= 15 is 0 Å². The third-order valence-corrected chi connectivity index (χ3v) is 3.63. The minimum Gasteiger partial charge on any atom is -0.460 e. The van der Waals surface area contributed by atoms with Gasteiger partial charge in [-0.05, 0) is 25.2 Å². The van der Waals surface area contributed by atoms with Gasteiger partial charge in [0, 0.05) is 19.4 Å². The zero-order valence-electron chi connectivity index (χ0n) is 12.0. The standard InChI is InChI=1S/C16H16O5/c1-3-4-5-6-7-13-14-15(20-14)16(21-13)9-8-12(10-18-16)19-11(2)17/h7,12,14-15H,8-10H2,1-2H3/b13-7-/t12-,14+,15+,16-/m0/s1. The lowest BCUT2D eigenvalue weighted by molar-refractivity contribution is -0.260. The van der Waals surface area contributed by atoms with Crippen molar-refractivity contribution in [3.05, 3.63) is 11.8 Å². The summed E-state index contributed by atoms with van der Waals surface area (Å²) < 4.78 is 22.5. The molecular formula is C16H16O5. The first-order valence-corrected chi connectivity index (χ1v) is 6.92. The van der Waals surface area contributed by atoms with Crippen LogP contribution < -0.4 is 0 Å². The summed E-state index contributed by atoms with van der Waals surface area (Å²) in [4.78, 5) is 11.0. The van der Waals surface area contributed by atoms with Gasteiger partial charge in [-0.25, -0.2) is 0 Å². The maximum absolute atomic E-state index is 11.0. The minimum atomic E-state index is -0.745. The number of rotatable bonds is 1. The SMILES string of the molecule is CC#CC#C/C=C1\O[C@@]2(CC[C@H](OC(C)=O)CO2)[C@@H]2O[C@H]12. The lowest BCUT2D eigenvalue weighted by Crippen LogP contribution is -2.46. The molecular weight excluding hydrogens is 272 g/mol. The van der Waals surface area contributed by atoms with Gasteiger partial charge in [0.15, 0.2) is 6.10 Å². The van der Waals surface area contributed by atoms with Gasteiger partial charge in [-0.3, -0.25) is 4.79 Å². The molecule has 0 aromatic rings. The number of hydrogen-bond acceptors (Lipinski definition) is 5. The second-order valence-electron chi connectivity index (χ2n) is 5.16. The Morgan fingerprint density at radius 2 is 2.33 bits per heavy atom. The van der Waals surface area contributed by atoms with E-state index in [0.717, 1.165) is 0 Å². The lowest BCUT2D eigenvalue weighted by Gasteiger charge is -2.36. The van der Waals surface area contributed by atoms with Crippen LogP contribution in [-0.4, -0.2) is 36.7 Å². The summed E-state index contributed by atoms with van der Waals surface area (Å²) in [5.74, 6) is 10.5. The van der Waals surface area contributed by atoms with E-state index < -0.39 is 5.79 Å². The van der Waals surface area contributed by atoms with Crippen molar-refractivity contribution in [3.8, 4) is 23.7 Å². The van der Waals surface area contributed by atoms with Crippen LogP contribution in [0.4, 0.5) is 0 Å². The summed E-state index contributed by atoms with van der Waals surface area (Å²) in [6.45, 7) is 3.46. The Labute approximate surface area is 123 Å². The van der Waals surface area contributed by atoms with Crippen molar-refractivity contribution in [1.29, 1.82) is 0 Å². The molecule has 5 nitrogen and oxygen atoms in total. The molecule has 0 unspecified atom stereocenters. The van der Waals surface area contributed by atoms with E-state index in [9.17, 15) is 4.79 Å². The molecule has 0 N–H and O–H groups in total. The number of ether oxygens (including phenoxy) is 4. The summed E-state index contributed by atoms with van der Waals surface area (Å²) >= 11 is 0. The van der Waals surface area contributed by atoms with Gasteiger partial charge in [0.25, 0.3) is 0 Å². The molecule has 3 rings (SSSR count). The lowest BCUT2D eigenvalue weighted by atomic mass is 10.0. The van der Waals surface area contributed by atoms with Crippen molar-refractivity contribution in [1.82, 2.24) is 0 Å². The van der Waals surface area contributed by atoms with Gasteiger partial charge >= 0.3 is 5.97 Å². The number of allylic oxidation sites excluding steroid dienone is 1. The monoisotopic (exact) mass is 288 g/mol. The van der Waals surface area contributed by atoms with Crippen LogP contribution in [-0.2, 0) is 23.7 Å². The van der Waals surface area contributed by atoms with Crippen LogP contribution in [0, 0.1) is 23.7 Å². The van der Waals surface area contributed by atoms with Crippen LogP contribution >= 0.6 is 0 Å². The molecule has 0 amide bonds. The highest BCUT2D eigenvalue weighted by Crippen LogP contribution is 2.52. The molecule has 21 heavy (non-hydrogen) atoms. The van der Waals surface area contributed by atoms with E-state index in [1.54, 1.807) is 13.0 Å². The Balaban J connectivity index is 1.63. The van der Waals surface area contributed by atoms with Crippen molar-refractivity contribution < 1.29 is 23.7 Å². The number of hydrogen-bond donors (Lipinski definition) is 0. The first-order valence-electron chi connectivity index (χ1n) is 6.92. The predicted molar refractivity (Wildman–Crippen MR) is 72.5 cm³/mol. The van der Waals surface area contributed by atoms with Crippen LogP contribution in [0.15, 0.2) is 11.8 Å². The summed E-state index contributed by atoms with van der Waals surface area (Å²) in [6.07, 6.45) is 2.66. The Morgan fingerprint density at radius 3 is 3.00 bits per heavy atom. The molecule has 3 aliphatic heterocycles.